The summed E-state index contributed by atoms with van der Waals surface area (Å²) in [6.45, 7) is 0. The molecule has 3 heterocycles. The van der Waals surface area contributed by atoms with Crippen LogP contribution in [0, 0.1) is 5.92 Å². The maximum atomic E-state index is 10.5. The van der Waals surface area contributed by atoms with Crippen LogP contribution in [-0.2, 0) is 4.79 Å². The normalized spacial score (nSPS) is 15.2. The minimum absolute atomic E-state index is 0.375. The Hall–Kier alpha value is -1.39. The van der Waals surface area contributed by atoms with Crippen molar-refractivity contribution < 1.29 is 4.79 Å². The first-order valence-electron chi connectivity index (χ1n) is 8.78. The van der Waals surface area contributed by atoms with Gasteiger partial charge < -0.3 is 10.1 Å². The highest BCUT2D eigenvalue weighted by Gasteiger charge is 2.28. The number of Topliss-reactive ketones (excluding diaryl/α,β-unsaturated/α-hetero) is 1. The zero-order valence-corrected chi connectivity index (χ0v) is 19.7. The number of carbonyl (C=O) groups is 1. The summed E-state index contributed by atoms with van der Waals surface area (Å²) >= 11 is 9.56. The number of aromatic nitrogens is 5. The largest absolute Gasteiger partial charge is 0.382 e. The molecule has 10 heteroatoms. The molecule has 3 aromatic heterocycles. The van der Waals surface area contributed by atoms with Gasteiger partial charge in [0.2, 0.25) is 0 Å². The number of nitrogen functional groups attached to an aromatic ring is 1. The van der Waals surface area contributed by atoms with Crippen LogP contribution in [-0.4, -0.2) is 35.4 Å². The predicted molar refractivity (Wildman–Crippen MR) is 118 cm³/mol. The SMILES string of the molecule is Brc1cn2cc(C3CC3)nc2cn1.Nc1cnc(Br)cn1.O=C(CBr)C1CC1. The van der Waals surface area contributed by atoms with E-state index in [4.69, 9.17) is 5.73 Å². The molecule has 0 aromatic carbocycles. The third-order valence-electron chi connectivity index (χ3n) is 4.13. The van der Waals surface area contributed by atoms with Gasteiger partial charge in [0.25, 0.3) is 0 Å². The number of fused-ring (bicyclic) bond motifs is 1. The van der Waals surface area contributed by atoms with Crippen molar-refractivity contribution in [2.24, 2.45) is 5.92 Å². The summed E-state index contributed by atoms with van der Waals surface area (Å²) in [7, 11) is 0. The molecule has 0 bridgehead atoms. The number of imidazole rings is 1. The van der Waals surface area contributed by atoms with E-state index in [2.05, 4.69) is 73.9 Å². The van der Waals surface area contributed by atoms with E-state index in [1.165, 1.54) is 24.7 Å². The maximum absolute atomic E-state index is 10.5. The first-order chi connectivity index (χ1) is 13.5. The van der Waals surface area contributed by atoms with Crippen LogP contribution in [0.15, 0.2) is 40.2 Å². The number of alkyl halides is 1. The van der Waals surface area contributed by atoms with Gasteiger partial charge in [-0.3, -0.25) is 4.79 Å². The average Bonchev–Trinajstić information content (AvgIpc) is 3.61. The van der Waals surface area contributed by atoms with Gasteiger partial charge in [-0.15, -0.1) is 0 Å². The molecule has 0 aliphatic heterocycles. The number of hydrogen-bond acceptors (Lipinski definition) is 6. The van der Waals surface area contributed by atoms with Gasteiger partial charge in [0.1, 0.15) is 20.8 Å². The molecule has 2 aliphatic carbocycles. The molecule has 148 valence electrons. The Balaban J connectivity index is 0.000000130. The van der Waals surface area contributed by atoms with Crippen molar-refractivity contribution in [1.82, 2.24) is 24.3 Å². The minimum atomic E-state index is 0.375. The lowest BCUT2D eigenvalue weighted by atomic mass is 10.3. The second-order valence-corrected chi connectivity index (χ2v) is 8.74. The number of carbonyl (C=O) groups excluding carboxylic acids is 1. The fraction of sp³-hybridized carbons (Fsp3) is 0.389. The summed E-state index contributed by atoms with van der Waals surface area (Å²) < 4.78 is 3.57. The van der Waals surface area contributed by atoms with Gasteiger partial charge in [-0.1, -0.05) is 15.9 Å². The first kappa shape index (κ1) is 21.3. The number of halogens is 3. The second-order valence-electron chi connectivity index (χ2n) is 6.55. The Labute approximate surface area is 188 Å². The molecule has 0 saturated heterocycles. The minimum Gasteiger partial charge on any atom is -0.382 e. The highest BCUT2D eigenvalue weighted by molar-refractivity contribution is 9.10. The van der Waals surface area contributed by atoms with Gasteiger partial charge in [0.15, 0.2) is 5.65 Å². The van der Waals surface area contributed by atoms with E-state index in [1.807, 2.05) is 10.6 Å². The number of hydrogen-bond donors (Lipinski definition) is 1. The monoisotopic (exact) mass is 572 g/mol. The Morgan fingerprint density at radius 1 is 1.04 bits per heavy atom. The topological polar surface area (TPSA) is 99.1 Å². The molecule has 0 amide bonds. The van der Waals surface area contributed by atoms with E-state index in [-0.39, 0.29) is 0 Å². The molecule has 2 aliphatic rings. The van der Waals surface area contributed by atoms with Gasteiger partial charge in [-0.25, -0.2) is 19.9 Å². The summed E-state index contributed by atoms with van der Waals surface area (Å²) in [5.74, 6) is 1.95. The van der Waals surface area contributed by atoms with Crippen molar-refractivity contribution in [2.75, 3.05) is 11.1 Å². The summed E-state index contributed by atoms with van der Waals surface area (Å²) in [5.41, 5.74) is 7.38. The Morgan fingerprint density at radius 3 is 2.25 bits per heavy atom. The number of nitrogens with two attached hydrogens (primary N) is 1. The summed E-state index contributed by atoms with van der Waals surface area (Å²) in [4.78, 5) is 26.7. The van der Waals surface area contributed by atoms with Crippen molar-refractivity contribution in [1.29, 1.82) is 0 Å². The first-order valence-corrected chi connectivity index (χ1v) is 11.5. The van der Waals surface area contributed by atoms with Crippen LogP contribution in [0.3, 0.4) is 0 Å². The lowest BCUT2D eigenvalue weighted by Gasteiger charge is -1.90. The van der Waals surface area contributed by atoms with E-state index in [0.29, 0.717) is 33.4 Å². The maximum Gasteiger partial charge on any atom is 0.155 e. The molecule has 0 atom stereocenters. The van der Waals surface area contributed by atoms with Crippen molar-refractivity contribution in [3.05, 3.63) is 45.9 Å². The van der Waals surface area contributed by atoms with E-state index in [9.17, 15) is 4.79 Å². The fourth-order valence-electron chi connectivity index (χ4n) is 2.31. The lowest BCUT2D eigenvalue weighted by molar-refractivity contribution is -0.117. The molecule has 2 N–H and O–H groups in total. The average molecular weight is 575 g/mol. The number of ketones is 1. The molecule has 2 saturated carbocycles. The standard InChI is InChI=1S/C9H8BrN3.C5H7BrO.C4H4BrN3/c10-8-5-13-4-7(6-1-2-6)12-9(13)3-11-8;6-3-5(7)4-1-2-4;5-3-1-8-4(6)2-7-3/h3-6H,1-2H2;4H,1-3H2;1-2H,(H2,6,8). The smallest absolute Gasteiger partial charge is 0.155 e. The van der Waals surface area contributed by atoms with E-state index in [1.54, 1.807) is 12.4 Å². The van der Waals surface area contributed by atoms with Crippen molar-refractivity contribution >= 4 is 65.0 Å². The third-order valence-corrected chi connectivity index (χ3v) is 5.50. The van der Waals surface area contributed by atoms with Crippen LogP contribution in [0.2, 0.25) is 0 Å². The molecule has 0 unspecified atom stereocenters. The molecule has 28 heavy (non-hydrogen) atoms. The van der Waals surface area contributed by atoms with Crippen molar-refractivity contribution in [3.63, 3.8) is 0 Å². The molecular weight excluding hydrogens is 556 g/mol. The number of nitrogens with zero attached hydrogens (tertiary/aromatic N) is 5. The Kier molecular flexibility index (Phi) is 7.53. The highest BCUT2D eigenvalue weighted by Crippen LogP contribution is 2.39. The predicted octanol–water partition coefficient (Wildman–Crippen LogP) is 4.55. The van der Waals surface area contributed by atoms with Crippen molar-refractivity contribution in [3.8, 4) is 0 Å². The fourth-order valence-corrected chi connectivity index (χ4v) is 3.29. The molecule has 5 rings (SSSR count). The molecule has 3 aromatic rings. The second kappa shape index (κ2) is 9.89. The summed E-state index contributed by atoms with van der Waals surface area (Å²) in [5, 5.41) is 0.553. The van der Waals surface area contributed by atoms with E-state index in [0.717, 1.165) is 23.1 Å². The van der Waals surface area contributed by atoms with Crippen LogP contribution in [0.25, 0.3) is 5.65 Å². The van der Waals surface area contributed by atoms with Crippen LogP contribution in [0.1, 0.15) is 37.3 Å². The van der Waals surface area contributed by atoms with Gasteiger partial charge in [0.05, 0.1) is 29.6 Å². The summed E-state index contributed by atoms with van der Waals surface area (Å²) in [6.07, 6.45) is 13.7. The van der Waals surface area contributed by atoms with Crippen LogP contribution in [0.4, 0.5) is 5.82 Å². The van der Waals surface area contributed by atoms with Crippen LogP contribution >= 0.6 is 47.8 Å². The Morgan fingerprint density at radius 2 is 1.75 bits per heavy atom. The number of anilines is 1. The molecular formula is C18H19Br3N6O. The third kappa shape index (κ3) is 6.59. The van der Waals surface area contributed by atoms with Crippen LogP contribution < -0.4 is 5.73 Å². The van der Waals surface area contributed by atoms with Gasteiger partial charge in [-0.2, -0.15) is 0 Å². The zero-order valence-electron chi connectivity index (χ0n) is 14.9. The molecule has 0 radical (unpaired) electrons. The quantitative estimate of drug-likeness (QED) is 0.461. The van der Waals surface area contributed by atoms with E-state index < -0.39 is 0 Å². The van der Waals surface area contributed by atoms with Gasteiger partial charge in [0, 0.05) is 24.2 Å². The number of rotatable bonds is 3. The van der Waals surface area contributed by atoms with Gasteiger partial charge >= 0.3 is 0 Å². The molecule has 2 fully saturated rings. The molecule has 7 nitrogen and oxygen atoms in total. The summed E-state index contributed by atoms with van der Waals surface area (Å²) in [6, 6.07) is 0. The Bertz CT molecular complexity index is 917. The lowest BCUT2D eigenvalue weighted by Crippen LogP contribution is -1.99. The zero-order chi connectivity index (χ0) is 20.1. The van der Waals surface area contributed by atoms with E-state index >= 15 is 0 Å². The molecule has 0 spiro atoms. The highest BCUT2D eigenvalue weighted by atomic mass is 79.9. The van der Waals surface area contributed by atoms with Gasteiger partial charge in [-0.05, 0) is 57.5 Å². The van der Waals surface area contributed by atoms with Crippen molar-refractivity contribution in [2.45, 2.75) is 31.6 Å². The van der Waals surface area contributed by atoms with Crippen LogP contribution in [0.5, 0.6) is 0 Å².